The number of fused-ring (bicyclic) bond motifs is 1. The number of nitrogens with one attached hydrogen (secondary N) is 1. The quantitative estimate of drug-likeness (QED) is 0.619. The van der Waals surface area contributed by atoms with E-state index in [-0.39, 0.29) is 36.5 Å². The minimum Gasteiger partial charge on any atom is -0.329 e. The van der Waals surface area contributed by atoms with Gasteiger partial charge in [-0.15, -0.1) is 10.2 Å². The van der Waals surface area contributed by atoms with Crippen LogP contribution in [0.1, 0.15) is 51.8 Å². The first-order valence-corrected chi connectivity index (χ1v) is 9.68. The van der Waals surface area contributed by atoms with E-state index in [1.807, 2.05) is 0 Å². The number of aryl methyl sites for hydroxylation is 1. The molecule has 2 aromatic heterocycles. The number of halogens is 4. The minimum atomic E-state index is -4.67. The molecule has 1 aromatic carbocycles. The Bertz CT molecular complexity index is 1250. The molecule has 4 rings (SSSR count). The van der Waals surface area contributed by atoms with Crippen LogP contribution in [0.5, 0.6) is 0 Å². The van der Waals surface area contributed by atoms with Crippen LogP contribution in [0.3, 0.4) is 0 Å². The molecule has 0 saturated carbocycles. The first-order valence-electron chi connectivity index (χ1n) is 9.68. The van der Waals surface area contributed by atoms with E-state index in [9.17, 15) is 27.2 Å². The lowest BCUT2D eigenvalue weighted by atomic mass is 10.0. The van der Waals surface area contributed by atoms with Gasteiger partial charge in [-0.3, -0.25) is 9.59 Å². The van der Waals surface area contributed by atoms with Crippen LogP contribution in [0.15, 0.2) is 29.1 Å². The van der Waals surface area contributed by atoms with Crippen molar-refractivity contribution in [1.29, 1.82) is 0 Å². The summed E-state index contributed by atoms with van der Waals surface area (Å²) in [6.45, 7) is 2.86. The zero-order valence-electron chi connectivity index (χ0n) is 17.1. The van der Waals surface area contributed by atoms with Gasteiger partial charge < -0.3 is 9.47 Å². The predicted molar refractivity (Wildman–Crippen MR) is 103 cm³/mol. The maximum absolute atomic E-state index is 14.5. The summed E-state index contributed by atoms with van der Waals surface area (Å²) in [5.74, 6) is -2.55. The molecular formula is C20H18F4N6O2. The number of hydrogen-bond donors (Lipinski definition) is 1. The van der Waals surface area contributed by atoms with E-state index in [0.29, 0.717) is 16.8 Å². The number of alkyl halides is 3. The lowest BCUT2D eigenvalue weighted by Gasteiger charge is -2.32. The molecule has 3 heterocycles. The van der Waals surface area contributed by atoms with Gasteiger partial charge in [-0.05, 0) is 37.6 Å². The summed E-state index contributed by atoms with van der Waals surface area (Å²) < 4.78 is 54.9. The normalized spacial score (nSPS) is 16.2. The first kappa shape index (κ1) is 21.7. The van der Waals surface area contributed by atoms with Crippen LogP contribution in [0.4, 0.5) is 17.6 Å². The van der Waals surface area contributed by atoms with E-state index in [0.717, 1.165) is 10.6 Å². The van der Waals surface area contributed by atoms with Gasteiger partial charge in [0.25, 0.3) is 11.5 Å². The molecule has 1 atom stereocenters. The average molecular weight is 450 g/mol. The van der Waals surface area contributed by atoms with Gasteiger partial charge in [0.05, 0.1) is 23.8 Å². The summed E-state index contributed by atoms with van der Waals surface area (Å²) >= 11 is 0. The highest BCUT2D eigenvalue weighted by atomic mass is 19.4. The van der Waals surface area contributed by atoms with Gasteiger partial charge in [-0.1, -0.05) is 6.07 Å². The van der Waals surface area contributed by atoms with Gasteiger partial charge in [0.2, 0.25) is 5.82 Å². The van der Waals surface area contributed by atoms with Gasteiger partial charge >= 0.3 is 6.18 Å². The standard InChI is InChI=1S/C20H18F4N6O2/c1-10-5-13(25-27-17(10)31)6-12-3-4-15(21)14(7-12)18(32)29-8-11(2)30-16(9-29)26-28-19(30)20(22,23)24/h3-5,7,11H,6,8-9H2,1-2H3,(H,27,31). The van der Waals surface area contributed by atoms with E-state index in [2.05, 4.69) is 20.4 Å². The number of aromatic amines is 1. The summed E-state index contributed by atoms with van der Waals surface area (Å²) in [7, 11) is 0. The van der Waals surface area contributed by atoms with Gasteiger partial charge in [-0.2, -0.15) is 18.3 Å². The number of carbonyl (C=O) groups excluding carboxylic acids is 1. The molecule has 12 heteroatoms. The fourth-order valence-electron chi connectivity index (χ4n) is 3.75. The summed E-state index contributed by atoms with van der Waals surface area (Å²) in [5.41, 5.74) is 1.06. The number of nitrogens with zero attached hydrogens (tertiary/aromatic N) is 5. The van der Waals surface area contributed by atoms with Crippen molar-refractivity contribution in [2.24, 2.45) is 0 Å². The molecule has 3 aromatic rings. The first-order chi connectivity index (χ1) is 15.0. The molecule has 1 aliphatic rings. The molecule has 0 radical (unpaired) electrons. The Morgan fingerprint density at radius 3 is 2.69 bits per heavy atom. The molecule has 168 valence electrons. The van der Waals surface area contributed by atoms with Crippen molar-refractivity contribution in [3.63, 3.8) is 0 Å². The van der Waals surface area contributed by atoms with E-state index >= 15 is 0 Å². The Balaban J connectivity index is 1.59. The molecule has 0 spiro atoms. The second-order valence-corrected chi connectivity index (χ2v) is 7.70. The Morgan fingerprint density at radius 2 is 2.00 bits per heavy atom. The molecule has 0 fully saturated rings. The number of hydrogen-bond acceptors (Lipinski definition) is 5. The van der Waals surface area contributed by atoms with Gasteiger partial charge in [0.15, 0.2) is 5.82 Å². The highest BCUT2D eigenvalue weighted by molar-refractivity contribution is 5.94. The number of amides is 1. The molecule has 1 amide bonds. The van der Waals surface area contributed by atoms with E-state index in [4.69, 9.17) is 0 Å². The maximum Gasteiger partial charge on any atom is 0.451 e. The second-order valence-electron chi connectivity index (χ2n) is 7.70. The SMILES string of the molecule is Cc1cc(Cc2ccc(F)c(C(=O)N3Cc4nnc(C(F)(F)F)n4C(C)C3)c2)n[nH]c1=O. The minimum absolute atomic E-state index is 0.0195. The van der Waals surface area contributed by atoms with Crippen LogP contribution >= 0.6 is 0 Å². The molecule has 8 nitrogen and oxygen atoms in total. The number of carbonyl (C=O) groups is 1. The van der Waals surface area contributed by atoms with Crippen molar-refractivity contribution in [3.8, 4) is 0 Å². The van der Waals surface area contributed by atoms with Gasteiger partial charge in [0, 0.05) is 18.5 Å². The number of aromatic nitrogens is 5. The number of rotatable bonds is 3. The Morgan fingerprint density at radius 1 is 1.25 bits per heavy atom. The number of H-pyrrole nitrogens is 1. The predicted octanol–water partition coefficient (Wildman–Crippen LogP) is 2.64. The van der Waals surface area contributed by atoms with Crippen molar-refractivity contribution in [2.75, 3.05) is 6.54 Å². The highest BCUT2D eigenvalue weighted by Gasteiger charge is 2.42. The molecule has 1 aliphatic heterocycles. The molecule has 1 unspecified atom stereocenters. The molecular weight excluding hydrogens is 432 g/mol. The van der Waals surface area contributed by atoms with Crippen molar-refractivity contribution < 1.29 is 22.4 Å². The van der Waals surface area contributed by atoms with Crippen molar-refractivity contribution in [3.05, 3.63) is 74.5 Å². The largest absolute Gasteiger partial charge is 0.451 e. The van der Waals surface area contributed by atoms with Crippen LogP contribution in [-0.4, -0.2) is 42.3 Å². The van der Waals surface area contributed by atoms with Gasteiger partial charge in [0.1, 0.15) is 5.82 Å². The van der Waals surface area contributed by atoms with E-state index < -0.39 is 29.8 Å². The van der Waals surface area contributed by atoms with E-state index in [1.54, 1.807) is 13.0 Å². The summed E-state index contributed by atoms with van der Waals surface area (Å²) in [6, 6.07) is 4.89. The fraction of sp³-hybridized carbons (Fsp3) is 0.350. The van der Waals surface area contributed by atoms with Gasteiger partial charge in [-0.25, -0.2) is 9.49 Å². The third kappa shape index (κ3) is 3.99. The van der Waals surface area contributed by atoms with Crippen molar-refractivity contribution in [1.82, 2.24) is 29.9 Å². The third-order valence-electron chi connectivity index (χ3n) is 5.25. The Labute approximate surface area is 178 Å². The number of benzene rings is 1. The molecule has 0 saturated heterocycles. The zero-order valence-corrected chi connectivity index (χ0v) is 17.1. The molecule has 0 bridgehead atoms. The Kier molecular flexibility index (Phi) is 5.31. The molecule has 32 heavy (non-hydrogen) atoms. The van der Waals surface area contributed by atoms with Crippen molar-refractivity contribution in [2.45, 2.75) is 39.0 Å². The average Bonchev–Trinajstić information content (AvgIpc) is 3.17. The van der Waals surface area contributed by atoms with Crippen LogP contribution in [0.25, 0.3) is 0 Å². The molecule has 0 aliphatic carbocycles. The van der Waals surface area contributed by atoms with Crippen LogP contribution < -0.4 is 5.56 Å². The zero-order chi connectivity index (χ0) is 23.2. The summed E-state index contributed by atoms with van der Waals surface area (Å²) in [6.07, 6.45) is -4.42. The van der Waals surface area contributed by atoms with Crippen LogP contribution in [0, 0.1) is 12.7 Å². The summed E-state index contributed by atoms with van der Waals surface area (Å²) in [5, 5.41) is 13.1. The van der Waals surface area contributed by atoms with Crippen LogP contribution in [0.2, 0.25) is 0 Å². The summed E-state index contributed by atoms with van der Waals surface area (Å²) in [4.78, 5) is 25.7. The highest BCUT2D eigenvalue weighted by Crippen LogP contribution is 2.33. The fourth-order valence-corrected chi connectivity index (χ4v) is 3.75. The Hall–Kier alpha value is -3.57. The monoisotopic (exact) mass is 450 g/mol. The third-order valence-corrected chi connectivity index (χ3v) is 5.25. The maximum atomic E-state index is 14.5. The topological polar surface area (TPSA) is 96.8 Å². The second kappa shape index (κ2) is 7.84. The van der Waals surface area contributed by atoms with Crippen LogP contribution in [-0.2, 0) is 19.1 Å². The lowest BCUT2D eigenvalue weighted by Crippen LogP contribution is -2.41. The molecule has 1 N–H and O–H groups in total. The lowest BCUT2D eigenvalue weighted by molar-refractivity contribution is -0.148. The smallest absolute Gasteiger partial charge is 0.329 e. The van der Waals surface area contributed by atoms with Crippen molar-refractivity contribution >= 4 is 5.91 Å². The van der Waals surface area contributed by atoms with E-state index in [1.165, 1.54) is 24.0 Å².